The van der Waals surface area contributed by atoms with Crippen molar-refractivity contribution < 1.29 is 45.1 Å². The first-order valence-electron chi connectivity index (χ1n) is 11.7. The number of aryl methyl sites for hydroxylation is 1. The van der Waals surface area contributed by atoms with Crippen LogP contribution in [-0.4, -0.2) is 41.6 Å². The molecule has 2 atom stereocenters. The molecule has 1 aliphatic heterocycles. The van der Waals surface area contributed by atoms with Crippen molar-refractivity contribution in [1.29, 1.82) is 0 Å². The zero-order valence-corrected chi connectivity index (χ0v) is 21.1. The minimum atomic E-state index is -5.11. The molecule has 2 aromatic rings. The molecule has 0 spiro atoms. The molecule has 2 aromatic carbocycles. The maximum Gasteiger partial charge on any atom is 0.416 e. The van der Waals surface area contributed by atoms with E-state index in [1.54, 1.807) is 26.8 Å². The fourth-order valence-electron chi connectivity index (χ4n) is 4.13. The summed E-state index contributed by atoms with van der Waals surface area (Å²) in [6, 6.07) is 4.12. The second kappa shape index (κ2) is 10.5. The smallest absolute Gasteiger partial charge is 0.416 e. The van der Waals surface area contributed by atoms with E-state index in [9.17, 15) is 40.3 Å². The molecule has 2 amide bonds. The lowest BCUT2D eigenvalue weighted by atomic mass is 9.85. The van der Waals surface area contributed by atoms with Crippen LogP contribution >= 0.6 is 0 Å². The lowest BCUT2D eigenvalue weighted by Crippen LogP contribution is -2.52. The van der Waals surface area contributed by atoms with Gasteiger partial charge in [-0.05, 0) is 69.5 Å². The van der Waals surface area contributed by atoms with Gasteiger partial charge in [-0.3, -0.25) is 4.79 Å². The number of carbonyl (C=O) groups is 2. The van der Waals surface area contributed by atoms with Gasteiger partial charge in [-0.1, -0.05) is 12.1 Å². The van der Waals surface area contributed by atoms with Crippen LogP contribution in [0.15, 0.2) is 36.4 Å². The maximum atomic E-state index is 14.4. The molecule has 1 heterocycles. The number of piperidine rings is 1. The summed E-state index contributed by atoms with van der Waals surface area (Å²) in [4.78, 5) is 27.0. The van der Waals surface area contributed by atoms with E-state index in [1.165, 1.54) is 24.0 Å². The normalized spacial score (nSPS) is 18.8. The number of hydrogen-bond donors (Lipinski definition) is 1. The highest BCUT2D eigenvalue weighted by molar-refractivity contribution is 5.95. The van der Waals surface area contributed by atoms with E-state index in [4.69, 9.17) is 4.74 Å². The Morgan fingerprint density at radius 2 is 1.53 bits per heavy atom. The first-order chi connectivity index (χ1) is 17.3. The highest BCUT2D eigenvalue weighted by Gasteiger charge is 2.39. The second-order valence-corrected chi connectivity index (χ2v) is 10.2. The zero-order chi connectivity index (χ0) is 28.6. The summed E-state index contributed by atoms with van der Waals surface area (Å²) in [5.41, 5.74) is -4.11. The summed E-state index contributed by atoms with van der Waals surface area (Å²) in [6.45, 7) is 6.62. The third-order valence-electron chi connectivity index (χ3n) is 6.05. The largest absolute Gasteiger partial charge is 0.444 e. The summed E-state index contributed by atoms with van der Waals surface area (Å²) in [6.07, 6.45) is -10.8. The standard InChI is InChI=1S/C26H27F7N2O3/c1-14-5-6-15(11-20(14)27)19-13-35(23(37)38-24(2,3)4)8-7-21(19)34-22(36)16-9-17(25(28,29)30)12-18(10-16)26(31,32)33/h5-6,9-12,19,21H,7-8,13H2,1-4H3,(H,34,36)/t19-,21+/m0/s1. The fraction of sp³-hybridized carbons (Fsp3) is 0.462. The number of nitrogens with zero attached hydrogens (tertiary/aromatic N) is 1. The third kappa shape index (κ3) is 7.16. The fourth-order valence-corrected chi connectivity index (χ4v) is 4.13. The number of halogens is 7. The lowest BCUT2D eigenvalue weighted by molar-refractivity contribution is -0.143. The minimum absolute atomic E-state index is 0.0290. The molecule has 1 fully saturated rings. The van der Waals surface area contributed by atoms with Crippen LogP contribution in [0.5, 0.6) is 0 Å². The summed E-state index contributed by atoms with van der Waals surface area (Å²) >= 11 is 0. The van der Waals surface area contributed by atoms with Gasteiger partial charge in [0.15, 0.2) is 0 Å². The van der Waals surface area contributed by atoms with Gasteiger partial charge in [-0.25, -0.2) is 9.18 Å². The first kappa shape index (κ1) is 29.2. The van der Waals surface area contributed by atoms with Crippen LogP contribution in [0.3, 0.4) is 0 Å². The van der Waals surface area contributed by atoms with E-state index in [-0.39, 0.29) is 25.6 Å². The van der Waals surface area contributed by atoms with Crippen molar-refractivity contribution in [2.45, 2.75) is 64.0 Å². The molecule has 0 aliphatic carbocycles. The Morgan fingerprint density at radius 3 is 2.03 bits per heavy atom. The molecule has 3 rings (SSSR count). The van der Waals surface area contributed by atoms with Crippen molar-refractivity contribution >= 4 is 12.0 Å². The molecule has 0 unspecified atom stereocenters. The number of amides is 2. The van der Waals surface area contributed by atoms with Crippen molar-refractivity contribution in [2.24, 2.45) is 0 Å². The highest BCUT2D eigenvalue weighted by atomic mass is 19.4. The van der Waals surface area contributed by atoms with Gasteiger partial charge in [-0.15, -0.1) is 0 Å². The average molecular weight is 548 g/mol. The number of benzene rings is 2. The molecule has 0 aromatic heterocycles. The Morgan fingerprint density at radius 1 is 0.947 bits per heavy atom. The van der Waals surface area contributed by atoms with Gasteiger partial charge in [0.05, 0.1) is 11.1 Å². The molecule has 12 heteroatoms. The van der Waals surface area contributed by atoms with Crippen molar-refractivity contribution in [1.82, 2.24) is 10.2 Å². The number of rotatable bonds is 3. The predicted molar refractivity (Wildman–Crippen MR) is 124 cm³/mol. The van der Waals surface area contributed by atoms with Crippen LogP contribution in [0.1, 0.15) is 65.7 Å². The van der Waals surface area contributed by atoms with Gasteiger partial charge < -0.3 is 15.0 Å². The summed E-state index contributed by atoms with van der Waals surface area (Å²) in [5, 5.41) is 2.51. The topological polar surface area (TPSA) is 58.6 Å². The van der Waals surface area contributed by atoms with Gasteiger partial charge >= 0.3 is 18.4 Å². The van der Waals surface area contributed by atoms with Crippen LogP contribution in [0.2, 0.25) is 0 Å². The molecule has 208 valence electrons. The van der Waals surface area contributed by atoms with E-state index in [0.717, 1.165) is 0 Å². The summed E-state index contributed by atoms with van der Waals surface area (Å²) < 4.78 is 99.4. The molecule has 0 radical (unpaired) electrons. The van der Waals surface area contributed by atoms with Gasteiger partial charge in [0.1, 0.15) is 11.4 Å². The predicted octanol–water partition coefficient (Wildman–Crippen LogP) is 6.69. The van der Waals surface area contributed by atoms with Gasteiger partial charge in [-0.2, -0.15) is 26.3 Å². The highest BCUT2D eigenvalue weighted by Crippen LogP contribution is 2.37. The van der Waals surface area contributed by atoms with Crippen LogP contribution in [0, 0.1) is 12.7 Å². The molecule has 0 bridgehead atoms. The molecule has 0 saturated carbocycles. The summed E-state index contributed by atoms with van der Waals surface area (Å²) in [7, 11) is 0. The third-order valence-corrected chi connectivity index (χ3v) is 6.05. The van der Waals surface area contributed by atoms with Crippen LogP contribution < -0.4 is 5.32 Å². The Labute approximate surface area is 214 Å². The van der Waals surface area contributed by atoms with E-state index >= 15 is 0 Å². The summed E-state index contributed by atoms with van der Waals surface area (Å²) in [5.74, 6) is -2.42. The van der Waals surface area contributed by atoms with Gasteiger partial charge in [0.25, 0.3) is 5.91 Å². The van der Waals surface area contributed by atoms with E-state index in [1.807, 2.05) is 0 Å². The number of nitrogens with one attached hydrogen (secondary N) is 1. The molecule has 1 aliphatic rings. The molecule has 1 saturated heterocycles. The monoisotopic (exact) mass is 548 g/mol. The SMILES string of the molecule is Cc1ccc([C@@H]2CN(C(=O)OC(C)(C)C)CC[C@H]2NC(=O)c2cc(C(F)(F)F)cc(C(F)(F)F)c2)cc1F. The van der Waals surface area contributed by atoms with E-state index in [2.05, 4.69) is 5.32 Å². The Balaban J connectivity index is 1.94. The molecular formula is C26H27F7N2O3. The number of alkyl halides is 6. The van der Waals surface area contributed by atoms with Crippen molar-refractivity contribution in [2.75, 3.05) is 13.1 Å². The Kier molecular flexibility index (Phi) is 8.05. The zero-order valence-electron chi connectivity index (χ0n) is 21.1. The van der Waals surface area contributed by atoms with Crippen LogP contribution in [-0.2, 0) is 17.1 Å². The van der Waals surface area contributed by atoms with E-state index < -0.39 is 64.4 Å². The number of ether oxygens (including phenoxy) is 1. The van der Waals surface area contributed by atoms with Crippen LogP contribution in [0.25, 0.3) is 0 Å². The lowest BCUT2D eigenvalue weighted by Gasteiger charge is -2.39. The van der Waals surface area contributed by atoms with Gasteiger partial charge in [0, 0.05) is 30.6 Å². The number of likely N-dealkylation sites (tertiary alicyclic amines) is 1. The van der Waals surface area contributed by atoms with Crippen molar-refractivity contribution in [3.05, 3.63) is 70.0 Å². The second-order valence-electron chi connectivity index (χ2n) is 10.2. The molecular weight excluding hydrogens is 521 g/mol. The molecule has 1 N–H and O–H groups in total. The number of carbonyl (C=O) groups excluding carboxylic acids is 2. The van der Waals surface area contributed by atoms with Gasteiger partial charge in [0.2, 0.25) is 0 Å². The maximum absolute atomic E-state index is 14.4. The Bertz CT molecular complexity index is 1170. The average Bonchev–Trinajstić information content (AvgIpc) is 2.78. The molecule has 38 heavy (non-hydrogen) atoms. The first-order valence-corrected chi connectivity index (χ1v) is 11.7. The Hall–Kier alpha value is -3.31. The van der Waals surface area contributed by atoms with Crippen molar-refractivity contribution in [3.63, 3.8) is 0 Å². The van der Waals surface area contributed by atoms with Crippen LogP contribution in [0.4, 0.5) is 35.5 Å². The quantitative estimate of drug-likeness (QED) is 0.435. The van der Waals surface area contributed by atoms with E-state index in [0.29, 0.717) is 23.3 Å². The minimum Gasteiger partial charge on any atom is -0.444 e. The molecule has 5 nitrogen and oxygen atoms in total. The van der Waals surface area contributed by atoms with Crippen molar-refractivity contribution in [3.8, 4) is 0 Å². The number of hydrogen-bond acceptors (Lipinski definition) is 3.